The second-order valence-corrected chi connectivity index (χ2v) is 11.0. The molecule has 4 rings (SSSR count). The van der Waals surface area contributed by atoms with E-state index < -0.39 is 12.1 Å². The van der Waals surface area contributed by atoms with Gasteiger partial charge in [-0.3, -0.25) is 4.99 Å². The van der Waals surface area contributed by atoms with Gasteiger partial charge in [0.25, 0.3) is 0 Å². The Morgan fingerprint density at radius 2 is 1.73 bits per heavy atom. The summed E-state index contributed by atoms with van der Waals surface area (Å²) in [5, 5.41) is 2.78. The highest BCUT2D eigenvalue weighted by Gasteiger charge is 2.39. The number of rotatable bonds is 10. The largest absolute Gasteiger partial charge is 0.480 e. The highest BCUT2D eigenvalue weighted by atomic mass is 79.9. The van der Waals surface area contributed by atoms with Gasteiger partial charge in [-0.15, -0.1) is 11.3 Å². The van der Waals surface area contributed by atoms with Crippen LogP contribution in [0.2, 0.25) is 0 Å². The Morgan fingerprint density at radius 3 is 2.38 bits per heavy atom. The fourth-order valence-corrected chi connectivity index (χ4v) is 5.70. The lowest BCUT2D eigenvalue weighted by molar-refractivity contribution is 0.0563. The number of hydrogen-bond donors (Lipinski definition) is 0. The average molecular weight is 588 g/mol. The third-order valence-electron chi connectivity index (χ3n) is 6.10. The van der Waals surface area contributed by atoms with Crippen LogP contribution in [-0.4, -0.2) is 60.9 Å². The molecule has 0 saturated carbocycles. The lowest BCUT2D eigenvalue weighted by atomic mass is 10.00. The molecular weight excluding hydrogens is 552 g/mol. The molecule has 0 unspecified atom stereocenters. The van der Waals surface area contributed by atoms with Crippen molar-refractivity contribution in [3.8, 4) is 0 Å². The van der Waals surface area contributed by atoms with Gasteiger partial charge in [0, 0.05) is 23.9 Å². The smallest absolute Gasteiger partial charge is 0.212 e. The van der Waals surface area contributed by atoms with E-state index in [-0.39, 0.29) is 12.0 Å². The number of aromatic nitrogens is 1. The first-order valence-corrected chi connectivity index (χ1v) is 14.5. The van der Waals surface area contributed by atoms with Crippen LogP contribution < -0.4 is 0 Å². The number of benzene rings is 1. The van der Waals surface area contributed by atoms with Crippen LogP contribution in [0, 0.1) is 5.92 Å². The molecule has 7 nitrogen and oxygen atoms in total. The molecule has 0 fully saturated rings. The van der Waals surface area contributed by atoms with E-state index in [1.165, 1.54) is 28.2 Å². The number of thiazole rings is 1. The highest BCUT2D eigenvalue weighted by Crippen LogP contribution is 2.33. The molecule has 2 aliphatic rings. The van der Waals surface area contributed by atoms with E-state index in [4.69, 9.17) is 29.2 Å². The maximum atomic E-state index is 6.60. The van der Waals surface area contributed by atoms with E-state index in [0.29, 0.717) is 38.2 Å². The van der Waals surface area contributed by atoms with Crippen LogP contribution in [0.15, 0.2) is 66.9 Å². The van der Waals surface area contributed by atoms with Crippen LogP contribution >= 0.6 is 27.3 Å². The molecule has 0 spiro atoms. The Balaban J connectivity index is 1.55. The third kappa shape index (κ3) is 7.36. The van der Waals surface area contributed by atoms with Gasteiger partial charge in [0.15, 0.2) is 6.04 Å². The highest BCUT2D eigenvalue weighted by molar-refractivity contribution is 9.10. The SMILES string of the molecule is CCOC1=N[C@H](C(C)C)C(OCC)=N[C@H]1[C@H](OCC1=CCN=C(Cc2ccccc2)C1)c1nc(Br)cs1. The summed E-state index contributed by atoms with van der Waals surface area (Å²) in [5.41, 5.74) is 3.65. The number of nitrogens with zero attached hydrogens (tertiary/aromatic N) is 4. The third-order valence-corrected chi connectivity index (χ3v) is 7.72. The summed E-state index contributed by atoms with van der Waals surface area (Å²) >= 11 is 5.03. The number of hydrogen-bond acceptors (Lipinski definition) is 8. The standard InChI is InChI=1S/C28H35BrN4O3S/c1-5-34-26-23(18(3)4)32-27(35-6-2)24(33-26)25(28-31-22(29)17-37-28)36-16-20-12-13-30-21(15-20)14-19-10-8-7-9-11-19/h7-12,17-18,23-25H,5-6,13-16H2,1-4H3/t23-,24+,25+/m1/s1. The van der Waals surface area contributed by atoms with Crippen molar-refractivity contribution in [1.82, 2.24) is 4.98 Å². The average Bonchev–Trinajstić information content (AvgIpc) is 3.32. The van der Waals surface area contributed by atoms with Crippen molar-refractivity contribution in [2.24, 2.45) is 20.9 Å². The van der Waals surface area contributed by atoms with Gasteiger partial charge in [0.05, 0.1) is 26.4 Å². The molecular formula is C28H35BrN4O3S. The molecule has 37 heavy (non-hydrogen) atoms. The Labute approximate surface area is 231 Å². The Kier molecular flexibility index (Phi) is 10.1. The second-order valence-electron chi connectivity index (χ2n) is 9.28. The quantitative estimate of drug-likeness (QED) is 0.308. The molecule has 0 amide bonds. The van der Waals surface area contributed by atoms with Gasteiger partial charge in [0.2, 0.25) is 11.8 Å². The molecule has 0 saturated heterocycles. The summed E-state index contributed by atoms with van der Waals surface area (Å²) in [6.45, 7) is 10.3. The number of halogens is 1. The monoisotopic (exact) mass is 586 g/mol. The molecule has 9 heteroatoms. The first-order chi connectivity index (χ1) is 18.0. The first-order valence-electron chi connectivity index (χ1n) is 12.9. The predicted octanol–water partition coefficient (Wildman–Crippen LogP) is 6.25. The molecule has 1 aromatic heterocycles. The maximum Gasteiger partial charge on any atom is 0.212 e. The van der Waals surface area contributed by atoms with Crippen molar-refractivity contribution >= 4 is 44.8 Å². The molecule has 0 bridgehead atoms. The van der Waals surface area contributed by atoms with Gasteiger partial charge in [-0.25, -0.2) is 15.0 Å². The number of ether oxygens (including phenoxy) is 3. The predicted molar refractivity (Wildman–Crippen MR) is 154 cm³/mol. The lowest BCUT2D eigenvalue weighted by Gasteiger charge is -2.31. The zero-order chi connectivity index (χ0) is 26.2. The minimum atomic E-state index is -0.476. The molecule has 1 aromatic carbocycles. The fourth-order valence-electron chi connectivity index (χ4n) is 4.36. The zero-order valence-corrected chi connectivity index (χ0v) is 24.3. The van der Waals surface area contributed by atoms with Crippen molar-refractivity contribution < 1.29 is 14.2 Å². The Hall–Kier alpha value is -2.36. The van der Waals surface area contributed by atoms with Crippen molar-refractivity contribution in [3.05, 3.63) is 62.5 Å². The van der Waals surface area contributed by atoms with Crippen LogP contribution in [-0.2, 0) is 20.6 Å². The van der Waals surface area contributed by atoms with Gasteiger partial charge in [-0.05, 0) is 46.8 Å². The summed E-state index contributed by atoms with van der Waals surface area (Å²) in [5.74, 6) is 1.43. The van der Waals surface area contributed by atoms with Gasteiger partial charge in [-0.2, -0.15) is 0 Å². The van der Waals surface area contributed by atoms with Gasteiger partial charge >= 0.3 is 0 Å². The van der Waals surface area contributed by atoms with Crippen molar-refractivity contribution in [2.75, 3.05) is 26.4 Å². The van der Waals surface area contributed by atoms with E-state index in [1.807, 2.05) is 25.3 Å². The molecule has 2 aromatic rings. The van der Waals surface area contributed by atoms with E-state index in [1.54, 1.807) is 0 Å². The van der Waals surface area contributed by atoms with Gasteiger partial charge < -0.3 is 14.2 Å². The molecule has 0 N–H and O–H groups in total. The fraction of sp³-hybridized carbons (Fsp3) is 0.500. The molecule has 0 aliphatic carbocycles. The van der Waals surface area contributed by atoms with Gasteiger partial charge in [0.1, 0.15) is 21.8 Å². The van der Waals surface area contributed by atoms with Crippen molar-refractivity contribution in [2.45, 2.75) is 58.7 Å². The van der Waals surface area contributed by atoms with Crippen LogP contribution in [0.3, 0.4) is 0 Å². The molecule has 3 atom stereocenters. The van der Waals surface area contributed by atoms with Crippen LogP contribution in [0.4, 0.5) is 0 Å². The van der Waals surface area contributed by atoms with Crippen LogP contribution in [0.25, 0.3) is 0 Å². The summed E-state index contributed by atoms with van der Waals surface area (Å²) in [6.07, 6.45) is 3.35. The van der Waals surface area contributed by atoms with E-state index >= 15 is 0 Å². The summed E-state index contributed by atoms with van der Waals surface area (Å²) in [4.78, 5) is 19.4. The number of aliphatic imine (C=N–C) groups is 3. The Bertz CT molecular complexity index is 1160. The molecule has 3 heterocycles. The molecule has 2 aliphatic heterocycles. The zero-order valence-electron chi connectivity index (χ0n) is 21.9. The summed E-state index contributed by atoms with van der Waals surface area (Å²) in [7, 11) is 0. The maximum absolute atomic E-state index is 6.60. The minimum absolute atomic E-state index is 0.181. The summed E-state index contributed by atoms with van der Waals surface area (Å²) < 4.78 is 19.3. The lowest BCUT2D eigenvalue weighted by Crippen LogP contribution is -2.41. The topological polar surface area (TPSA) is 77.7 Å². The van der Waals surface area contributed by atoms with Crippen molar-refractivity contribution in [3.63, 3.8) is 0 Å². The molecule has 198 valence electrons. The normalized spacial score (nSPS) is 20.6. The van der Waals surface area contributed by atoms with Crippen LogP contribution in [0.5, 0.6) is 0 Å². The minimum Gasteiger partial charge on any atom is -0.480 e. The first kappa shape index (κ1) is 27.7. The summed E-state index contributed by atoms with van der Waals surface area (Å²) in [6, 6.07) is 9.80. The number of dihydropyridines is 1. The van der Waals surface area contributed by atoms with Crippen LogP contribution in [0.1, 0.15) is 50.8 Å². The Morgan fingerprint density at radius 1 is 1.03 bits per heavy atom. The van der Waals surface area contributed by atoms with E-state index in [2.05, 4.69) is 65.1 Å². The second kappa shape index (κ2) is 13.4. The van der Waals surface area contributed by atoms with E-state index in [9.17, 15) is 0 Å². The molecule has 0 radical (unpaired) electrons. The van der Waals surface area contributed by atoms with Gasteiger partial charge in [-0.1, -0.05) is 50.3 Å². The van der Waals surface area contributed by atoms with Crippen molar-refractivity contribution in [1.29, 1.82) is 0 Å². The van der Waals surface area contributed by atoms with E-state index in [0.717, 1.165) is 22.5 Å².